The van der Waals surface area contributed by atoms with Crippen LogP contribution < -0.4 is 9.47 Å². The second-order valence-corrected chi connectivity index (χ2v) is 4.63. The lowest BCUT2D eigenvalue weighted by Gasteiger charge is -2.07. The van der Waals surface area contributed by atoms with E-state index in [1.165, 1.54) is 26.4 Å². The van der Waals surface area contributed by atoms with E-state index in [1.807, 2.05) is 6.07 Å². The standard InChI is InChI=1S/C18H15NO4/c1-22-16-6-4-3-5-14(16)18(21)13(11-19)9-12-7-8-15(20)17(10-12)23-2/h3-10,20H,1-2H3/b13-9+. The Morgan fingerprint density at radius 3 is 2.48 bits per heavy atom. The molecule has 0 aliphatic heterocycles. The number of para-hydroxylation sites is 1. The SMILES string of the molecule is COc1cc(/C=C(\C#N)C(=O)c2ccccc2OC)ccc1O. The molecule has 2 aromatic carbocycles. The highest BCUT2D eigenvalue weighted by molar-refractivity contribution is 6.15. The third-order valence-corrected chi connectivity index (χ3v) is 3.23. The highest BCUT2D eigenvalue weighted by Crippen LogP contribution is 2.28. The van der Waals surface area contributed by atoms with Gasteiger partial charge in [-0.25, -0.2) is 0 Å². The van der Waals surface area contributed by atoms with Crippen molar-refractivity contribution in [3.63, 3.8) is 0 Å². The van der Waals surface area contributed by atoms with Crippen LogP contribution in [0.25, 0.3) is 6.08 Å². The number of Topliss-reactive ketones (excluding diaryl/α,β-unsaturated/α-hetero) is 1. The van der Waals surface area contributed by atoms with Gasteiger partial charge in [0.05, 0.1) is 19.8 Å². The quantitative estimate of drug-likeness (QED) is 0.521. The molecule has 0 heterocycles. The Kier molecular flexibility index (Phi) is 5.00. The van der Waals surface area contributed by atoms with Gasteiger partial charge in [0.2, 0.25) is 5.78 Å². The molecule has 0 atom stereocenters. The molecule has 0 fully saturated rings. The summed E-state index contributed by atoms with van der Waals surface area (Å²) in [5.41, 5.74) is 0.843. The van der Waals surface area contributed by atoms with Crippen LogP contribution in [0.4, 0.5) is 0 Å². The number of methoxy groups -OCH3 is 2. The van der Waals surface area contributed by atoms with Gasteiger partial charge in [0.1, 0.15) is 17.4 Å². The first-order valence-electron chi connectivity index (χ1n) is 6.77. The Bertz CT molecular complexity index is 803. The summed E-state index contributed by atoms with van der Waals surface area (Å²) in [7, 11) is 2.89. The molecule has 0 amide bonds. The van der Waals surface area contributed by atoms with E-state index < -0.39 is 5.78 Å². The molecule has 0 aliphatic carbocycles. The average molecular weight is 309 g/mol. The third-order valence-electron chi connectivity index (χ3n) is 3.23. The van der Waals surface area contributed by atoms with Crippen LogP contribution in [0, 0.1) is 11.3 Å². The monoisotopic (exact) mass is 309 g/mol. The van der Waals surface area contributed by atoms with E-state index in [0.29, 0.717) is 16.9 Å². The average Bonchev–Trinajstić information content (AvgIpc) is 2.60. The minimum absolute atomic E-state index is 0.0146. The van der Waals surface area contributed by atoms with E-state index in [2.05, 4.69) is 0 Å². The van der Waals surface area contributed by atoms with E-state index in [-0.39, 0.29) is 17.1 Å². The molecule has 0 bridgehead atoms. The molecule has 0 unspecified atom stereocenters. The maximum atomic E-state index is 12.5. The number of ether oxygens (including phenoxy) is 2. The molecule has 116 valence electrons. The lowest BCUT2D eigenvalue weighted by molar-refractivity contribution is 0.103. The van der Waals surface area contributed by atoms with Crippen molar-refractivity contribution in [2.75, 3.05) is 14.2 Å². The van der Waals surface area contributed by atoms with Crippen molar-refractivity contribution in [1.82, 2.24) is 0 Å². The number of nitrogens with zero attached hydrogens (tertiary/aromatic N) is 1. The number of nitriles is 1. The van der Waals surface area contributed by atoms with Crippen molar-refractivity contribution >= 4 is 11.9 Å². The summed E-state index contributed by atoms with van der Waals surface area (Å²) in [6.07, 6.45) is 1.44. The molecule has 0 aliphatic rings. The summed E-state index contributed by atoms with van der Waals surface area (Å²) in [5, 5.41) is 18.9. The molecule has 0 radical (unpaired) electrons. The number of ketones is 1. The minimum atomic E-state index is -0.433. The number of benzene rings is 2. The van der Waals surface area contributed by atoms with E-state index >= 15 is 0 Å². The number of phenols is 1. The number of hydrogen-bond donors (Lipinski definition) is 1. The van der Waals surface area contributed by atoms with Crippen LogP contribution in [0.1, 0.15) is 15.9 Å². The zero-order valence-electron chi connectivity index (χ0n) is 12.7. The van der Waals surface area contributed by atoms with Gasteiger partial charge in [-0.1, -0.05) is 18.2 Å². The fourth-order valence-electron chi connectivity index (χ4n) is 2.08. The zero-order valence-corrected chi connectivity index (χ0v) is 12.7. The Hall–Kier alpha value is -3.26. The van der Waals surface area contributed by atoms with Crippen LogP contribution in [0.5, 0.6) is 17.2 Å². The van der Waals surface area contributed by atoms with Crippen molar-refractivity contribution in [2.24, 2.45) is 0 Å². The first-order valence-corrected chi connectivity index (χ1v) is 6.77. The van der Waals surface area contributed by atoms with Gasteiger partial charge in [-0.15, -0.1) is 0 Å². The minimum Gasteiger partial charge on any atom is -0.504 e. The number of rotatable bonds is 5. The summed E-state index contributed by atoms with van der Waals surface area (Å²) >= 11 is 0. The first kappa shape index (κ1) is 16.1. The van der Waals surface area contributed by atoms with Gasteiger partial charge in [-0.3, -0.25) is 4.79 Å². The van der Waals surface area contributed by atoms with Gasteiger partial charge >= 0.3 is 0 Å². The maximum Gasteiger partial charge on any atom is 0.207 e. The lowest BCUT2D eigenvalue weighted by Crippen LogP contribution is -2.04. The molecule has 5 heteroatoms. The van der Waals surface area contributed by atoms with Crippen molar-refractivity contribution in [1.29, 1.82) is 5.26 Å². The highest BCUT2D eigenvalue weighted by Gasteiger charge is 2.16. The van der Waals surface area contributed by atoms with Gasteiger partial charge in [0.25, 0.3) is 0 Å². The fraction of sp³-hybridized carbons (Fsp3) is 0.111. The number of phenolic OH excluding ortho intramolecular Hbond substituents is 1. The van der Waals surface area contributed by atoms with Crippen molar-refractivity contribution in [3.8, 4) is 23.3 Å². The van der Waals surface area contributed by atoms with E-state index in [4.69, 9.17) is 9.47 Å². The third kappa shape index (κ3) is 3.50. The van der Waals surface area contributed by atoms with Gasteiger partial charge in [-0.2, -0.15) is 5.26 Å². The maximum absolute atomic E-state index is 12.5. The predicted molar refractivity (Wildman–Crippen MR) is 85.6 cm³/mol. The Morgan fingerprint density at radius 2 is 1.83 bits per heavy atom. The summed E-state index contributed by atoms with van der Waals surface area (Å²) in [4.78, 5) is 12.5. The second-order valence-electron chi connectivity index (χ2n) is 4.63. The molecule has 0 saturated heterocycles. The summed E-state index contributed by atoms with van der Waals surface area (Å²) in [6.45, 7) is 0. The molecule has 2 aromatic rings. The van der Waals surface area contributed by atoms with Gasteiger partial charge in [0.15, 0.2) is 11.5 Å². The Labute approximate surface area is 134 Å². The largest absolute Gasteiger partial charge is 0.504 e. The smallest absolute Gasteiger partial charge is 0.207 e. The van der Waals surface area contributed by atoms with Crippen LogP contribution in [0.15, 0.2) is 48.0 Å². The van der Waals surface area contributed by atoms with Crippen LogP contribution in [-0.4, -0.2) is 25.1 Å². The van der Waals surface area contributed by atoms with Crippen LogP contribution >= 0.6 is 0 Å². The number of carbonyl (C=O) groups excluding carboxylic acids is 1. The Balaban J connectivity index is 2.43. The number of carbonyl (C=O) groups is 1. The van der Waals surface area contributed by atoms with Gasteiger partial charge in [-0.05, 0) is 35.9 Å². The normalized spacial score (nSPS) is 10.7. The van der Waals surface area contributed by atoms with E-state index in [0.717, 1.165) is 0 Å². The highest BCUT2D eigenvalue weighted by atomic mass is 16.5. The molecular formula is C18H15NO4. The van der Waals surface area contributed by atoms with Crippen LogP contribution in [0.3, 0.4) is 0 Å². The first-order chi connectivity index (χ1) is 11.1. The summed E-state index contributed by atoms with van der Waals surface area (Å²) < 4.78 is 10.2. The molecule has 1 N–H and O–H groups in total. The van der Waals surface area contributed by atoms with Crippen LogP contribution in [-0.2, 0) is 0 Å². The zero-order chi connectivity index (χ0) is 16.8. The lowest BCUT2D eigenvalue weighted by atomic mass is 10.0. The van der Waals surface area contributed by atoms with Crippen molar-refractivity contribution in [3.05, 3.63) is 59.2 Å². The summed E-state index contributed by atoms with van der Waals surface area (Å²) in [6, 6.07) is 13.2. The number of allylic oxidation sites excluding steroid dienone is 1. The topological polar surface area (TPSA) is 79.5 Å². The fourth-order valence-corrected chi connectivity index (χ4v) is 2.08. The van der Waals surface area contributed by atoms with Crippen molar-refractivity contribution < 1.29 is 19.4 Å². The number of aromatic hydroxyl groups is 1. The van der Waals surface area contributed by atoms with Gasteiger partial charge in [0, 0.05) is 0 Å². The molecule has 5 nitrogen and oxygen atoms in total. The summed E-state index contributed by atoms with van der Waals surface area (Å²) in [5.74, 6) is 0.221. The molecule has 0 aromatic heterocycles. The van der Waals surface area contributed by atoms with Gasteiger partial charge < -0.3 is 14.6 Å². The molecule has 23 heavy (non-hydrogen) atoms. The van der Waals surface area contributed by atoms with E-state index in [1.54, 1.807) is 36.4 Å². The Morgan fingerprint density at radius 1 is 1.13 bits per heavy atom. The predicted octanol–water partition coefficient (Wildman–Crippen LogP) is 3.20. The molecule has 0 spiro atoms. The van der Waals surface area contributed by atoms with E-state index in [9.17, 15) is 15.2 Å². The van der Waals surface area contributed by atoms with Crippen LogP contribution in [0.2, 0.25) is 0 Å². The molecule has 0 saturated carbocycles. The molecule has 2 rings (SSSR count). The second kappa shape index (κ2) is 7.14. The number of hydrogen-bond acceptors (Lipinski definition) is 5. The van der Waals surface area contributed by atoms with Crippen molar-refractivity contribution in [2.45, 2.75) is 0 Å². The molecular weight excluding hydrogens is 294 g/mol.